The van der Waals surface area contributed by atoms with E-state index in [9.17, 15) is 14.4 Å². The molecular formula is C27H24N4O4. The Kier molecular flexibility index (Phi) is 6.10. The Bertz CT molecular complexity index is 1350. The van der Waals surface area contributed by atoms with Crippen LogP contribution in [0.4, 0.5) is 5.69 Å². The first-order valence-corrected chi connectivity index (χ1v) is 11.6. The van der Waals surface area contributed by atoms with Gasteiger partial charge in [-0.1, -0.05) is 25.1 Å². The van der Waals surface area contributed by atoms with Gasteiger partial charge in [0.2, 0.25) is 17.7 Å². The van der Waals surface area contributed by atoms with Crippen LogP contribution in [0, 0.1) is 0 Å². The van der Waals surface area contributed by atoms with E-state index in [1.807, 2.05) is 37.3 Å². The van der Waals surface area contributed by atoms with Crippen molar-refractivity contribution in [1.29, 1.82) is 0 Å². The van der Waals surface area contributed by atoms with Crippen LogP contribution in [0.15, 0.2) is 77.5 Å². The van der Waals surface area contributed by atoms with Gasteiger partial charge < -0.3 is 9.32 Å². The molecule has 0 spiro atoms. The normalized spacial score (nSPS) is 15.7. The van der Waals surface area contributed by atoms with Gasteiger partial charge in [-0.25, -0.2) is 9.88 Å². The minimum atomic E-state index is -0.849. The summed E-state index contributed by atoms with van der Waals surface area (Å²) in [4.78, 5) is 50.5. The summed E-state index contributed by atoms with van der Waals surface area (Å²) >= 11 is 0. The van der Waals surface area contributed by atoms with E-state index in [-0.39, 0.29) is 24.8 Å². The molecule has 3 heterocycles. The van der Waals surface area contributed by atoms with Crippen molar-refractivity contribution in [1.82, 2.24) is 14.9 Å². The maximum atomic E-state index is 13.4. The molecule has 4 aromatic rings. The molecule has 1 saturated heterocycles. The Labute approximate surface area is 202 Å². The smallest absolute Gasteiger partial charge is 0.257 e. The Hall–Kier alpha value is -4.33. The van der Waals surface area contributed by atoms with Crippen LogP contribution in [-0.2, 0) is 20.9 Å². The Morgan fingerprint density at radius 3 is 2.60 bits per heavy atom. The number of amides is 3. The minimum absolute atomic E-state index is 0.0541. The summed E-state index contributed by atoms with van der Waals surface area (Å²) in [5, 5.41) is 0. The number of imide groups is 1. The van der Waals surface area contributed by atoms with Gasteiger partial charge in [0.05, 0.1) is 12.1 Å². The molecule has 35 heavy (non-hydrogen) atoms. The number of fused-ring (bicyclic) bond motifs is 1. The van der Waals surface area contributed by atoms with E-state index in [0.29, 0.717) is 30.0 Å². The van der Waals surface area contributed by atoms with E-state index in [2.05, 4.69) is 9.97 Å². The van der Waals surface area contributed by atoms with Crippen LogP contribution in [0.2, 0.25) is 0 Å². The Morgan fingerprint density at radius 2 is 1.89 bits per heavy atom. The molecule has 1 unspecified atom stereocenters. The summed E-state index contributed by atoms with van der Waals surface area (Å²) in [6.07, 6.45) is 4.21. The third-order valence-electron chi connectivity index (χ3n) is 6.03. The highest BCUT2D eigenvalue weighted by Gasteiger charge is 2.44. The summed E-state index contributed by atoms with van der Waals surface area (Å²) in [5.41, 5.74) is 3.43. The monoisotopic (exact) mass is 468 g/mol. The first-order valence-electron chi connectivity index (χ1n) is 11.6. The SMILES string of the molecule is CCCC(=O)N(Cc1cccnc1)C1CC(=O)N(c2ccc(-c3nc4ccccc4o3)cc2)C1=O. The second kappa shape index (κ2) is 9.50. The van der Waals surface area contributed by atoms with Crippen molar-refractivity contribution in [2.75, 3.05) is 4.90 Å². The quantitative estimate of drug-likeness (QED) is 0.374. The summed E-state index contributed by atoms with van der Waals surface area (Å²) in [6, 6.07) is 17.2. The fourth-order valence-corrected chi connectivity index (χ4v) is 4.30. The second-order valence-electron chi connectivity index (χ2n) is 8.45. The van der Waals surface area contributed by atoms with Crippen molar-refractivity contribution in [3.63, 3.8) is 0 Å². The number of rotatable bonds is 7. The number of benzene rings is 2. The fourth-order valence-electron chi connectivity index (χ4n) is 4.30. The Morgan fingerprint density at radius 1 is 1.09 bits per heavy atom. The number of hydrogen-bond donors (Lipinski definition) is 0. The van der Waals surface area contributed by atoms with E-state index in [1.54, 1.807) is 42.7 Å². The molecule has 2 aromatic carbocycles. The molecule has 8 nitrogen and oxygen atoms in total. The zero-order valence-electron chi connectivity index (χ0n) is 19.3. The molecular weight excluding hydrogens is 444 g/mol. The maximum Gasteiger partial charge on any atom is 0.257 e. The van der Waals surface area contributed by atoms with E-state index in [1.165, 1.54) is 4.90 Å². The molecule has 1 atom stereocenters. The highest BCUT2D eigenvalue weighted by Crippen LogP contribution is 2.30. The third-order valence-corrected chi connectivity index (χ3v) is 6.03. The van der Waals surface area contributed by atoms with Gasteiger partial charge in [0.25, 0.3) is 5.91 Å². The number of para-hydroxylation sites is 2. The van der Waals surface area contributed by atoms with Crippen LogP contribution in [0.25, 0.3) is 22.6 Å². The zero-order chi connectivity index (χ0) is 24.4. The van der Waals surface area contributed by atoms with Crippen molar-refractivity contribution in [2.24, 2.45) is 0 Å². The first-order chi connectivity index (χ1) is 17.0. The van der Waals surface area contributed by atoms with Gasteiger partial charge in [0.1, 0.15) is 11.6 Å². The molecule has 1 fully saturated rings. The van der Waals surface area contributed by atoms with Crippen molar-refractivity contribution in [3.8, 4) is 11.5 Å². The number of aromatic nitrogens is 2. The van der Waals surface area contributed by atoms with Gasteiger partial charge in [0, 0.05) is 30.9 Å². The highest BCUT2D eigenvalue weighted by molar-refractivity contribution is 6.23. The molecule has 0 radical (unpaired) electrons. The van der Waals surface area contributed by atoms with Crippen molar-refractivity contribution < 1.29 is 18.8 Å². The fraction of sp³-hybridized carbons (Fsp3) is 0.222. The van der Waals surface area contributed by atoms with E-state index in [0.717, 1.165) is 21.5 Å². The molecule has 0 N–H and O–H groups in total. The molecule has 3 amide bonds. The van der Waals surface area contributed by atoms with Gasteiger partial charge in [0.15, 0.2) is 5.58 Å². The topological polar surface area (TPSA) is 96.6 Å². The summed E-state index contributed by atoms with van der Waals surface area (Å²) in [6.45, 7) is 2.13. The summed E-state index contributed by atoms with van der Waals surface area (Å²) < 4.78 is 5.81. The minimum Gasteiger partial charge on any atom is -0.436 e. The number of nitrogens with zero attached hydrogens (tertiary/aromatic N) is 4. The van der Waals surface area contributed by atoms with E-state index < -0.39 is 11.9 Å². The number of hydrogen-bond acceptors (Lipinski definition) is 6. The van der Waals surface area contributed by atoms with Crippen LogP contribution in [0.5, 0.6) is 0 Å². The zero-order valence-corrected chi connectivity index (χ0v) is 19.3. The lowest BCUT2D eigenvalue weighted by molar-refractivity contribution is -0.139. The third kappa shape index (κ3) is 4.42. The van der Waals surface area contributed by atoms with E-state index in [4.69, 9.17) is 4.42 Å². The average Bonchev–Trinajstić information content (AvgIpc) is 3.44. The number of oxazole rings is 1. The van der Waals surface area contributed by atoms with Crippen LogP contribution in [0.3, 0.4) is 0 Å². The van der Waals surface area contributed by atoms with Gasteiger partial charge in [-0.3, -0.25) is 19.4 Å². The summed E-state index contributed by atoms with van der Waals surface area (Å²) in [7, 11) is 0. The highest BCUT2D eigenvalue weighted by atomic mass is 16.3. The second-order valence-corrected chi connectivity index (χ2v) is 8.45. The van der Waals surface area contributed by atoms with E-state index >= 15 is 0 Å². The van der Waals surface area contributed by atoms with Gasteiger partial charge in [-0.2, -0.15) is 0 Å². The van der Waals surface area contributed by atoms with Gasteiger partial charge in [-0.15, -0.1) is 0 Å². The molecule has 0 aliphatic carbocycles. The molecule has 1 aliphatic rings. The number of carbonyl (C=O) groups excluding carboxylic acids is 3. The standard InChI is InChI=1S/C27H24N4O4/c1-2-6-24(32)30(17-18-7-5-14-28-16-18)22-15-25(33)31(27(22)34)20-12-10-19(11-13-20)26-29-21-8-3-4-9-23(21)35-26/h3-5,7-14,16,22H,2,6,15,17H2,1H3. The lowest BCUT2D eigenvalue weighted by Crippen LogP contribution is -2.45. The predicted octanol–water partition coefficient (Wildman–Crippen LogP) is 4.35. The maximum absolute atomic E-state index is 13.4. The van der Waals surface area contributed by atoms with Gasteiger partial charge >= 0.3 is 0 Å². The van der Waals surface area contributed by atoms with Crippen LogP contribution >= 0.6 is 0 Å². The number of carbonyl (C=O) groups is 3. The molecule has 1 aliphatic heterocycles. The lowest BCUT2D eigenvalue weighted by Gasteiger charge is -2.27. The van der Waals surface area contributed by atoms with Crippen molar-refractivity contribution in [2.45, 2.75) is 38.8 Å². The van der Waals surface area contributed by atoms with Crippen LogP contribution in [0.1, 0.15) is 31.7 Å². The molecule has 176 valence electrons. The predicted molar refractivity (Wildman–Crippen MR) is 130 cm³/mol. The Balaban J connectivity index is 1.39. The van der Waals surface area contributed by atoms with Crippen molar-refractivity contribution >= 4 is 34.5 Å². The molecule has 8 heteroatoms. The largest absolute Gasteiger partial charge is 0.436 e. The average molecular weight is 469 g/mol. The first kappa shape index (κ1) is 22.5. The lowest BCUT2D eigenvalue weighted by atomic mass is 10.1. The molecule has 2 aromatic heterocycles. The summed E-state index contributed by atoms with van der Waals surface area (Å²) in [5.74, 6) is -0.439. The van der Waals surface area contributed by atoms with Crippen molar-refractivity contribution in [3.05, 3.63) is 78.6 Å². The molecule has 0 bridgehead atoms. The molecule has 5 rings (SSSR count). The van der Waals surface area contributed by atoms with Gasteiger partial charge in [-0.05, 0) is 54.4 Å². The number of anilines is 1. The molecule has 0 saturated carbocycles. The number of pyridine rings is 1. The van der Waals surface area contributed by atoms with Crippen LogP contribution in [-0.4, -0.2) is 38.6 Å². The van der Waals surface area contributed by atoms with Crippen LogP contribution < -0.4 is 4.90 Å².